The van der Waals surface area contributed by atoms with Gasteiger partial charge in [-0.05, 0) is 19.8 Å². The number of rotatable bonds is 8. The Labute approximate surface area is 91.6 Å². The molecule has 0 bridgehead atoms. The van der Waals surface area contributed by atoms with Crippen LogP contribution in [0.3, 0.4) is 0 Å². The number of hydrogen-bond donors (Lipinski definition) is 1. The van der Waals surface area contributed by atoms with Crippen LogP contribution in [-0.2, 0) is 4.79 Å². The van der Waals surface area contributed by atoms with Crippen LogP contribution in [-0.4, -0.2) is 16.0 Å². The molecule has 0 fully saturated rings. The first-order valence-electron chi connectivity index (χ1n) is 5.38. The number of carboxylic acids is 1. The van der Waals surface area contributed by atoms with Crippen molar-refractivity contribution in [2.75, 3.05) is 0 Å². The zero-order valence-electron chi connectivity index (χ0n) is 9.18. The van der Waals surface area contributed by atoms with Gasteiger partial charge in [0.15, 0.2) is 0 Å². The summed E-state index contributed by atoms with van der Waals surface area (Å²) < 4.78 is 0. The van der Waals surface area contributed by atoms with Crippen LogP contribution >= 0.6 is 11.6 Å². The van der Waals surface area contributed by atoms with E-state index in [9.17, 15) is 4.79 Å². The molecular formula is C11H21ClO2. The number of halogens is 1. The summed E-state index contributed by atoms with van der Waals surface area (Å²) in [6.45, 7) is 4.10. The monoisotopic (exact) mass is 220 g/mol. The first-order valence-corrected chi connectivity index (χ1v) is 5.76. The molecule has 84 valence electrons. The van der Waals surface area contributed by atoms with Crippen molar-refractivity contribution in [1.29, 1.82) is 0 Å². The highest BCUT2D eigenvalue weighted by atomic mass is 35.5. The fraction of sp³-hybridized carbons (Fsp3) is 0.909. The molecule has 2 nitrogen and oxygen atoms in total. The van der Waals surface area contributed by atoms with Crippen LogP contribution in [0.4, 0.5) is 0 Å². The van der Waals surface area contributed by atoms with E-state index >= 15 is 0 Å². The average Bonchev–Trinajstić information content (AvgIpc) is 2.10. The van der Waals surface area contributed by atoms with Gasteiger partial charge >= 0.3 is 5.97 Å². The van der Waals surface area contributed by atoms with Gasteiger partial charge < -0.3 is 5.11 Å². The number of carboxylic acid groups (broad SMARTS) is 1. The molecule has 14 heavy (non-hydrogen) atoms. The Hall–Kier alpha value is -0.240. The van der Waals surface area contributed by atoms with Crippen molar-refractivity contribution in [3.63, 3.8) is 0 Å². The van der Waals surface area contributed by atoms with E-state index in [1.165, 1.54) is 19.3 Å². The second-order valence-corrected chi connectivity index (χ2v) is 5.03. The maximum atomic E-state index is 10.4. The summed E-state index contributed by atoms with van der Waals surface area (Å²) in [5.74, 6) is -0.759. The molecule has 0 aromatic carbocycles. The van der Waals surface area contributed by atoms with Crippen molar-refractivity contribution in [2.45, 2.75) is 63.7 Å². The number of alkyl halides is 1. The van der Waals surface area contributed by atoms with E-state index in [0.717, 1.165) is 12.8 Å². The highest BCUT2D eigenvalue weighted by molar-refractivity contribution is 6.23. The van der Waals surface area contributed by atoms with Gasteiger partial charge in [0, 0.05) is 11.3 Å². The Morgan fingerprint density at radius 3 is 2.43 bits per heavy atom. The second-order valence-electron chi connectivity index (χ2n) is 4.12. The SMILES string of the molecule is CCCCCCC(C)(Cl)CCC(=O)O. The van der Waals surface area contributed by atoms with Gasteiger partial charge in [0.1, 0.15) is 0 Å². The summed E-state index contributed by atoms with van der Waals surface area (Å²) in [6.07, 6.45) is 6.42. The van der Waals surface area contributed by atoms with Gasteiger partial charge in [0.25, 0.3) is 0 Å². The molecule has 1 N–H and O–H groups in total. The molecule has 0 aliphatic rings. The Bertz CT molecular complexity index is 167. The summed E-state index contributed by atoms with van der Waals surface area (Å²) in [4.78, 5) is 10.0. The van der Waals surface area contributed by atoms with Gasteiger partial charge in [-0.2, -0.15) is 0 Å². The van der Waals surface area contributed by atoms with Crippen molar-refractivity contribution in [1.82, 2.24) is 0 Å². The van der Waals surface area contributed by atoms with Crippen molar-refractivity contribution >= 4 is 17.6 Å². The number of aliphatic carboxylic acids is 1. The lowest BCUT2D eigenvalue weighted by molar-refractivity contribution is -0.137. The fourth-order valence-corrected chi connectivity index (χ4v) is 1.64. The molecule has 3 heteroatoms. The summed E-state index contributed by atoms with van der Waals surface area (Å²) >= 11 is 6.20. The zero-order chi connectivity index (χ0) is 11.0. The molecular weight excluding hydrogens is 200 g/mol. The molecule has 0 spiro atoms. The normalized spacial score (nSPS) is 15.1. The lowest BCUT2D eigenvalue weighted by Crippen LogP contribution is -2.17. The molecule has 1 atom stereocenters. The minimum Gasteiger partial charge on any atom is -0.481 e. The molecule has 0 radical (unpaired) electrons. The molecule has 1 unspecified atom stereocenters. The fourth-order valence-electron chi connectivity index (χ4n) is 1.41. The Morgan fingerprint density at radius 2 is 1.93 bits per heavy atom. The predicted octanol–water partition coefficient (Wildman–Crippen LogP) is 3.82. The highest BCUT2D eigenvalue weighted by Gasteiger charge is 2.20. The van der Waals surface area contributed by atoms with Crippen LogP contribution in [0, 0.1) is 0 Å². The van der Waals surface area contributed by atoms with Crippen molar-refractivity contribution < 1.29 is 9.90 Å². The predicted molar refractivity (Wildman–Crippen MR) is 59.9 cm³/mol. The Balaban J connectivity index is 3.55. The van der Waals surface area contributed by atoms with E-state index in [4.69, 9.17) is 16.7 Å². The van der Waals surface area contributed by atoms with Crippen LogP contribution in [0.5, 0.6) is 0 Å². The smallest absolute Gasteiger partial charge is 0.303 e. The quantitative estimate of drug-likeness (QED) is 0.499. The standard InChI is InChI=1S/C11H21ClO2/c1-3-4-5-6-8-11(2,12)9-7-10(13)14/h3-9H2,1-2H3,(H,13,14). The largest absolute Gasteiger partial charge is 0.481 e. The van der Waals surface area contributed by atoms with Crippen molar-refractivity contribution in [2.24, 2.45) is 0 Å². The molecule has 0 aliphatic carbocycles. The maximum Gasteiger partial charge on any atom is 0.303 e. The van der Waals surface area contributed by atoms with Crippen molar-refractivity contribution in [3.8, 4) is 0 Å². The lowest BCUT2D eigenvalue weighted by atomic mass is 9.97. The second kappa shape index (κ2) is 7.10. The van der Waals surface area contributed by atoms with Crippen LogP contribution in [0.15, 0.2) is 0 Å². The summed E-state index contributed by atoms with van der Waals surface area (Å²) in [6, 6.07) is 0. The summed E-state index contributed by atoms with van der Waals surface area (Å²) in [5, 5.41) is 8.53. The summed E-state index contributed by atoms with van der Waals surface area (Å²) in [5.41, 5.74) is 0. The minimum atomic E-state index is -0.759. The summed E-state index contributed by atoms with van der Waals surface area (Å²) in [7, 11) is 0. The molecule has 0 saturated heterocycles. The van der Waals surface area contributed by atoms with E-state index in [0.29, 0.717) is 6.42 Å². The number of unbranched alkanes of at least 4 members (excludes halogenated alkanes) is 3. The number of hydrogen-bond acceptors (Lipinski definition) is 1. The molecule has 0 rings (SSSR count). The van der Waals surface area contributed by atoms with Gasteiger partial charge in [-0.15, -0.1) is 11.6 Å². The van der Waals surface area contributed by atoms with E-state index in [1.54, 1.807) is 0 Å². The van der Waals surface area contributed by atoms with Crippen LogP contribution < -0.4 is 0 Å². The van der Waals surface area contributed by atoms with Crippen molar-refractivity contribution in [3.05, 3.63) is 0 Å². The Morgan fingerprint density at radius 1 is 1.29 bits per heavy atom. The molecule has 0 aromatic rings. The van der Waals surface area contributed by atoms with E-state index in [-0.39, 0.29) is 11.3 Å². The molecule has 0 aliphatic heterocycles. The highest BCUT2D eigenvalue weighted by Crippen LogP contribution is 2.27. The molecule has 0 amide bonds. The van der Waals surface area contributed by atoms with E-state index < -0.39 is 5.97 Å². The lowest BCUT2D eigenvalue weighted by Gasteiger charge is -2.20. The zero-order valence-corrected chi connectivity index (χ0v) is 9.94. The van der Waals surface area contributed by atoms with Crippen LogP contribution in [0.25, 0.3) is 0 Å². The van der Waals surface area contributed by atoms with Gasteiger partial charge in [-0.3, -0.25) is 4.79 Å². The van der Waals surface area contributed by atoms with Crippen LogP contribution in [0.1, 0.15) is 58.8 Å². The van der Waals surface area contributed by atoms with Gasteiger partial charge in [-0.25, -0.2) is 0 Å². The molecule has 0 heterocycles. The third kappa shape index (κ3) is 8.36. The van der Waals surface area contributed by atoms with E-state index in [1.807, 2.05) is 6.92 Å². The van der Waals surface area contributed by atoms with Crippen LogP contribution in [0.2, 0.25) is 0 Å². The molecule has 0 aromatic heterocycles. The maximum absolute atomic E-state index is 10.4. The van der Waals surface area contributed by atoms with Gasteiger partial charge in [0.05, 0.1) is 0 Å². The van der Waals surface area contributed by atoms with E-state index in [2.05, 4.69) is 6.92 Å². The first-order chi connectivity index (χ1) is 6.48. The third-order valence-corrected chi connectivity index (χ3v) is 2.79. The van der Waals surface area contributed by atoms with Gasteiger partial charge in [0.2, 0.25) is 0 Å². The molecule has 0 saturated carbocycles. The number of carbonyl (C=O) groups is 1. The average molecular weight is 221 g/mol. The minimum absolute atomic E-state index is 0.174. The Kier molecular flexibility index (Phi) is 6.98. The topological polar surface area (TPSA) is 37.3 Å². The third-order valence-electron chi connectivity index (χ3n) is 2.41. The van der Waals surface area contributed by atoms with Gasteiger partial charge in [-0.1, -0.05) is 32.6 Å². The first kappa shape index (κ1) is 13.8.